The topological polar surface area (TPSA) is 17.8 Å². The van der Waals surface area contributed by atoms with Gasteiger partial charge in [-0.15, -0.1) is 0 Å². The third-order valence-electron chi connectivity index (χ3n) is 5.65. The lowest BCUT2D eigenvalue weighted by Gasteiger charge is -2.32. The van der Waals surface area contributed by atoms with Gasteiger partial charge in [-0.25, -0.2) is 4.68 Å². The van der Waals surface area contributed by atoms with Gasteiger partial charge in [0.15, 0.2) is 0 Å². The van der Waals surface area contributed by atoms with Crippen molar-refractivity contribution >= 4 is 0 Å². The summed E-state index contributed by atoms with van der Waals surface area (Å²) in [6.45, 7) is 13.5. The first-order valence-electron chi connectivity index (χ1n) is 9.04. The molecule has 0 saturated heterocycles. The normalized spacial score (nSPS) is 12.0. The summed E-state index contributed by atoms with van der Waals surface area (Å²) in [4.78, 5) is 0. The molecule has 0 aliphatic rings. The van der Waals surface area contributed by atoms with Gasteiger partial charge in [-0.05, 0) is 54.0 Å². The molecule has 130 valence electrons. The van der Waals surface area contributed by atoms with E-state index in [1.54, 1.807) is 0 Å². The van der Waals surface area contributed by atoms with Crippen molar-refractivity contribution in [1.82, 2.24) is 9.78 Å². The third kappa shape index (κ3) is 3.02. The van der Waals surface area contributed by atoms with Crippen LogP contribution in [0, 0.1) is 19.8 Å². The molecule has 25 heavy (non-hydrogen) atoms. The average Bonchev–Trinajstić information content (AvgIpc) is 3.03. The van der Waals surface area contributed by atoms with Crippen LogP contribution in [0.25, 0.3) is 16.9 Å². The Bertz CT molecular complexity index is 864. The molecule has 0 unspecified atom stereocenters. The molecule has 2 heteroatoms. The molecule has 0 fully saturated rings. The highest BCUT2D eigenvalue weighted by atomic mass is 15.3. The van der Waals surface area contributed by atoms with E-state index < -0.39 is 0 Å². The highest BCUT2D eigenvalue weighted by Crippen LogP contribution is 2.37. The lowest BCUT2D eigenvalue weighted by molar-refractivity contribution is 0.371. The van der Waals surface area contributed by atoms with Crippen LogP contribution < -0.4 is 0 Å². The first-order valence-corrected chi connectivity index (χ1v) is 9.04. The second kappa shape index (κ2) is 6.51. The van der Waals surface area contributed by atoms with Gasteiger partial charge in [0.05, 0.1) is 17.6 Å². The van der Waals surface area contributed by atoms with Crippen molar-refractivity contribution in [2.75, 3.05) is 0 Å². The van der Waals surface area contributed by atoms with Crippen LogP contribution in [0.5, 0.6) is 0 Å². The Labute approximate surface area is 151 Å². The van der Waals surface area contributed by atoms with Gasteiger partial charge in [-0.2, -0.15) is 5.10 Å². The van der Waals surface area contributed by atoms with E-state index in [4.69, 9.17) is 5.10 Å². The van der Waals surface area contributed by atoms with Crippen molar-refractivity contribution in [2.24, 2.45) is 5.92 Å². The van der Waals surface area contributed by atoms with Crippen molar-refractivity contribution in [3.63, 3.8) is 0 Å². The summed E-state index contributed by atoms with van der Waals surface area (Å²) >= 11 is 0. The number of hydrogen-bond acceptors (Lipinski definition) is 1. The summed E-state index contributed by atoms with van der Waals surface area (Å²) < 4.78 is 2.11. The lowest BCUT2D eigenvalue weighted by Crippen LogP contribution is -2.26. The van der Waals surface area contributed by atoms with Crippen LogP contribution in [0.3, 0.4) is 0 Å². The fourth-order valence-electron chi connectivity index (χ4n) is 3.42. The molecular formula is C23H28N2. The zero-order valence-corrected chi connectivity index (χ0v) is 16.2. The number of benzene rings is 2. The van der Waals surface area contributed by atoms with Crippen LogP contribution >= 0.6 is 0 Å². The van der Waals surface area contributed by atoms with Crippen LogP contribution in [0.1, 0.15) is 44.4 Å². The summed E-state index contributed by atoms with van der Waals surface area (Å²) in [6.07, 6.45) is 1.90. The number of aromatic nitrogens is 2. The predicted octanol–water partition coefficient (Wildman–Crippen LogP) is 6.09. The van der Waals surface area contributed by atoms with E-state index in [9.17, 15) is 0 Å². The molecule has 2 nitrogen and oxygen atoms in total. The molecule has 0 bridgehead atoms. The molecule has 0 aliphatic heterocycles. The molecule has 0 spiro atoms. The SMILES string of the molecule is Cc1cccc(C)c1-c1ccnn1-c1ccccc1C(C)(C)C(C)C. The van der Waals surface area contributed by atoms with E-state index in [-0.39, 0.29) is 5.41 Å². The second-order valence-electron chi connectivity index (χ2n) is 7.79. The lowest BCUT2D eigenvalue weighted by atomic mass is 9.74. The van der Waals surface area contributed by atoms with Crippen LogP contribution in [0.15, 0.2) is 54.7 Å². The molecule has 3 rings (SSSR count). The quantitative estimate of drug-likeness (QED) is 0.565. The summed E-state index contributed by atoms with van der Waals surface area (Å²) in [5, 5.41) is 4.70. The highest BCUT2D eigenvalue weighted by molar-refractivity contribution is 5.70. The molecule has 0 N–H and O–H groups in total. The molecule has 0 aliphatic carbocycles. The molecule has 0 atom stereocenters. The van der Waals surface area contributed by atoms with Crippen molar-refractivity contribution in [3.05, 3.63) is 71.4 Å². The Morgan fingerprint density at radius 2 is 1.52 bits per heavy atom. The van der Waals surface area contributed by atoms with E-state index >= 15 is 0 Å². The molecule has 3 aromatic rings. The van der Waals surface area contributed by atoms with E-state index in [0.29, 0.717) is 5.92 Å². The van der Waals surface area contributed by atoms with E-state index in [1.165, 1.54) is 27.9 Å². The summed E-state index contributed by atoms with van der Waals surface area (Å²) in [6, 6.07) is 17.2. The van der Waals surface area contributed by atoms with Crippen molar-refractivity contribution in [2.45, 2.75) is 47.0 Å². The molecule has 0 amide bonds. The van der Waals surface area contributed by atoms with Gasteiger partial charge in [0.2, 0.25) is 0 Å². The minimum absolute atomic E-state index is 0.0700. The number of hydrogen-bond donors (Lipinski definition) is 0. The molecule has 1 heterocycles. The molecule has 0 saturated carbocycles. The number of nitrogens with zero attached hydrogens (tertiary/aromatic N) is 2. The summed E-state index contributed by atoms with van der Waals surface area (Å²) in [5.74, 6) is 0.535. The predicted molar refractivity (Wildman–Crippen MR) is 106 cm³/mol. The number of rotatable bonds is 4. The fraction of sp³-hybridized carbons (Fsp3) is 0.348. The largest absolute Gasteiger partial charge is 0.233 e. The van der Waals surface area contributed by atoms with Crippen LogP contribution in [0.4, 0.5) is 0 Å². The van der Waals surface area contributed by atoms with Gasteiger partial charge < -0.3 is 0 Å². The molecule has 0 radical (unpaired) electrons. The Hall–Kier alpha value is -2.35. The van der Waals surface area contributed by atoms with Crippen molar-refractivity contribution in [3.8, 4) is 16.9 Å². The zero-order chi connectivity index (χ0) is 18.2. The van der Waals surface area contributed by atoms with E-state index in [0.717, 1.165) is 5.69 Å². The van der Waals surface area contributed by atoms with E-state index in [1.807, 2.05) is 6.20 Å². The smallest absolute Gasteiger partial charge is 0.0746 e. The standard InChI is InChI=1S/C23H28N2/c1-16(2)23(5,6)19-12-7-8-13-20(19)25-21(14-15-24-25)22-17(3)10-9-11-18(22)4/h7-16H,1-6H3. The zero-order valence-electron chi connectivity index (χ0n) is 16.2. The molecule has 1 aromatic heterocycles. The first kappa shape index (κ1) is 17.5. The van der Waals surface area contributed by atoms with Crippen LogP contribution in [-0.4, -0.2) is 9.78 Å². The van der Waals surface area contributed by atoms with Crippen LogP contribution in [0.2, 0.25) is 0 Å². The van der Waals surface area contributed by atoms with E-state index in [2.05, 4.69) is 94.8 Å². The average molecular weight is 332 g/mol. The maximum Gasteiger partial charge on any atom is 0.0746 e. The van der Waals surface area contributed by atoms with Crippen molar-refractivity contribution < 1.29 is 0 Å². The van der Waals surface area contributed by atoms with Gasteiger partial charge >= 0.3 is 0 Å². The van der Waals surface area contributed by atoms with Crippen LogP contribution in [-0.2, 0) is 5.41 Å². The highest BCUT2D eigenvalue weighted by Gasteiger charge is 2.28. The Morgan fingerprint density at radius 3 is 2.16 bits per heavy atom. The fourth-order valence-corrected chi connectivity index (χ4v) is 3.42. The Kier molecular flexibility index (Phi) is 4.55. The minimum Gasteiger partial charge on any atom is -0.233 e. The maximum atomic E-state index is 4.70. The van der Waals surface area contributed by atoms with Gasteiger partial charge in [-0.1, -0.05) is 64.1 Å². The summed E-state index contributed by atoms with van der Waals surface area (Å²) in [7, 11) is 0. The summed E-state index contributed by atoms with van der Waals surface area (Å²) in [5.41, 5.74) is 7.56. The maximum absolute atomic E-state index is 4.70. The first-order chi connectivity index (χ1) is 11.8. The number of aryl methyl sites for hydroxylation is 2. The Balaban J connectivity index is 2.24. The third-order valence-corrected chi connectivity index (χ3v) is 5.65. The minimum atomic E-state index is 0.0700. The molecular weight excluding hydrogens is 304 g/mol. The molecule has 2 aromatic carbocycles. The van der Waals surface area contributed by atoms with Gasteiger partial charge in [0, 0.05) is 5.56 Å². The van der Waals surface area contributed by atoms with Gasteiger partial charge in [0.1, 0.15) is 0 Å². The number of para-hydroxylation sites is 1. The van der Waals surface area contributed by atoms with Crippen molar-refractivity contribution in [1.29, 1.82) is 0 Å². The second-order valence-corrected chi connectivity index (χ2v) is 7.79. The monoisotopic (exact) mass is 332 g/mol. The van der Waals surface area contributed by atoms with Gasteiger partial charge in [0.25, 0.3) is 0 Å². The Morgan fingerprint density at radius 1 is 0.880 bits per heavy atom. The van der Waals surface area contributed by atoms with Gasteiger partial charge in [-0.3, -0.25) is 0 Å².